The number of β-amino-alcohol motifs (C(OH)–C–C–N with tert-alkyl or cyclic N) is 1. The number of hydrogen-bond acceptors (Lipinski definition) is 8. The smallest absolute Gasteiger partial charge is 0.333 e. The molecule has 3 N–H and O–H groups in total. The summed E-state index contributed by atoms with van der Waals surface area (Å²) in [4.78, 5) is 29.4. The molecule has 10 heteroatoms. The van der Waals surface area contributed by atoms with Gasteiger partial charge < -0.3 is 20.4 Å². The van der Waals surface area contributed by atoms with Gasteiger partial charge >= 0.3 is 5.69 Å². The fourth-order valence-corrected chi connectivity index (χ4v) is 5.12. The van der Waals surface area contributed by atoms with E-state index in [-0.39, 0.29) is 18.4 Å². The minimum atomic E-state index is -0.325. The summed E-state index contributed by atoms with van der Waals surface area (Å²) in [6.45, 7) is 5.57. The lowest BCUT2D eigenvalue weighted by molar-refractivity contribution is 0.141. The average Bonchev–Trinajstić information content (AvgIpc) is 3.16. The van der Waals surface area contributed by atoms with Crippen molar-refractivity contribution < 1.29 is 10.2 Å². The van der Waals surface area contributed by atoms with Crippen molar-refractivity contribution in [1.29, 1.82) is 0 Å². The number of nitrogens with zero attached hydrogens (tertiary/aromatic N) is 6. The number of imidazole rings is 1. The second-order valence-corrected chi connectivity index (χ2v) is 9.64. The van der Waals surface area contributed by atoms with Crippen molar-refractivity contribution in [1.82, 2.24) is 24.1 Å². The van der Waals surface area contributed by atoms with Gasteiger partial charge in [0.05, 0.1) is 58.2 Å². The number of aromatic nitrogens is 5. The molecule has 1 aliphatic rings. The molecule has 1 fully saturated rings. The molecule has 0 amide bonds. The Morgan fingerprint density at radius 3 is 2.61 bits per heavy atom. The van der Waals surface area contributed by atoms with Gasteiger partial charge in [0.25, 0.3) is 0 Å². The molecule has 5 aromatic rings. The molecule has 6 rings (SSSR count). The standard InChI is InChI=1S/C28H29N7O3/c1-4-29-22-10-18(11-30-23(22)15-36)17-5-6-21-20(9-17)27-25(12-31-21)33(3)28(38)35(27)24-7-8-26(32-16(24)2)34-13-19(37)14-34/h5-12,19,29,36-37H,4,13-15H2,1-3H3. The third-order valence-corrected chi connectivity index (χ3v) is 7.17. The highest BCUT2D eigenvalue weighted by Crippen LogP contribution is 2.32. The molecule has 1 aromatic carbocycles. The zero-order valence-corrected chi connectivity index (χ0v) is 21.5. The van der Waals surface area contributed by atoms with E-state index in [1.165, 1.54) is 0 Å². The largest absolute Gasteiger partial charge is 0.390 e. The molecule has 0 atom stereocenters. The topological polar surface area (TPSA) is 121 Å². The summed E-state index contributed by atoms with van der Waals surface area (Å²) in [6.07, 6.45) is 3.15. The van der Waals surface area contributed by atoms with E-state index in [1.54, 1.807) is 28.6 Å². The molecule has 1 aliphatic heterocycles. The molecule has 0 aliphatic carbocycles. The monoisotopic (exact) mass is 511 g/mol. The number of rotatable bonds is 6. The predicted octanol–water partition coefficient (Wildman–Crippen LogP) is 2.75. The van der Waals surface area contributed by atoms with E-state index in [9.17, 15) is 15.0 Å². The maximum Gasteiger partial charge on any atom is 0.333 e. The van der Waals surface area contributed by atoms with E-state index < -0.39 is 0 Å². The van der Waals surface area contributed by atoms with Gasteiger partial charge in [-0.2, -0.15) is 0 Å². The Kier molecular flexibility index (Phi) is 5.85. The van der Waals surface area contributed by atoms with Gasteiger partial charge in [-0.1, -0.05) is 6.07 Å². The van der Waals surface area contributed by atoms with E-state index >= 15 is 0 Å². The normalized spacial score (nSPS) is 13.9. The van der Waals surface area contributed by atoms with Crippen LogP contribution >= 0.6 is 0 Å². The first kappa shape index (κ1) is 24.1. The Balaban J connectivity index is 1.54. The Morgan fingerprint density at radius 1 is 1.08 bits per heavy atom. The molecule has 0 bridgehead atoms. The number of hydrogen-bond donors (Lipinski definition) is 3. The van der Waals surface area contributed by atoms with E-state index in [1.807, 2.05) is 55.1 Å². The third kappa shape index (κ3) is 3.80. The molecule has 5 heterocycles. The zero-order valence-electron chi connectivity index (χ0n) is 21.5. The second-order valence-electron chi connectivity index (χ2n) is 9.64. The summed E-state index contributed by atoms with van der Waals surface area (Å²) in [5.41, 5.74) is 6.68. The summed E-state index contributed by atoms with van der Waals surface area (Å²) >= 11 is 0. The van der Waals surface area contributed by atoms with E-state index in [4.69, 9.17) is 4.98 Å². The van der Waals surface area contributed by atoms with Crippen molar-refractivity contribution in [2.24, 2.45) is 7.05 Å². The van der Waals surface area contributed by atoms with Crippen LogP contribution in [0.3, 0.4) is 0 Å². The van der Waals surface area contributed by atoms with Crippen LogP contribution in [0, 0.1) is 6.92 Å². The van der Waals surface area contributed by atoms with Crippen LogP contribution in [0.25, 0.3) is 38.8 Å². The minimum absolute atomic E-state index is 0.147. The number of aliphatic hydroxyl groups is 2. The number of pyridine rings is 3. The summed E-state index contributed by atoms with van der Waals surface area (Å²) < 4.78 is 3.31. The summed E-state index contributed by atoms with van der Waals surface area (Å²) in [5.74, 6) is 0.786. The van der Waals surface area contributed by atoms with Crippen molar-refractivity contribution >= 4 is 33.4 Å². The SMILES string of the molecule is CCNc1cc(-c2ccc3ncc4c(c3c2)n(-c2ccc(N3CC(O)C3)nc2C)c(=O)n4C)cnc1CO. The van der Waals surface area contributed by atoms with Crippen molar-refractivity contribution in [3.63, 3.8) is 0 Å². The third-order valence-electron chi connectivity index (χ3n) is 7.17. The number of fused-ring (bicyclic) bond motifs is 3. The van der Waals surface area contributed by atoms with Crippen molar-refractivity contribution in [3.05, 3.63) is 70.7 Å². The van der Waals surface area contributed by atoms with Gasteiger partial charge in [0.15, 0.2) is 0 Å². The molecular weight excluding hydrogens is 482 g/mol. The van der Waals surface area contributed by atoms with Gasteiger partial charge in [0, 0.05) is 43.8 Å². The molecular formula is C28H29N7O3. The molecule has 38 heavy (non-hydrogen) atoms. The van der Waals surface area contributed by atoms with E-state index in [0.29, 0.717) is 31.0 Å². The lowest BCUT2D eigenvalue weighted by Crippen LogP contribution is -2.51. The number of aryl methyl sites for hydroxylation is 2. The van der Waals surface area contributed by atoms with Crippen LogP contribution in [-0.2, 0) is 13.7 Å². The molecule has 4 aromatic heterocycles. The van der Waals surface area contributed by atoms with Gasteiger partial charge in [-0.25, -0.2) is 9.78 Å². The van der Waals surface area contributed by atoms with Crippen LogP contribution in [0.1, 0.15) is 18.3 Å². The van der Waals surface area contributed by atoms with Crippen LogP contribution in [-0.4, -0.2) is 60.0 Å². The van der Waals surface area contributed by atoms with Crippen molar-refractivity contribution in [2.75, 3.05) is 29.9 Å². The van der Waals surface area contributed by atoms with E-state index in [2.05, 4.69) is 15.3 Å². The highest BCUT2D eigenvalue weighted by molar-refractivity contribution is 6.04. The summed E-state index contributed by atoms with van der Waals surface area (Å²) in [6, 6.07) is 11.8. The van der Waals surface area contributed by atoms with Gasteiger partial charge in [0.2, 0.25) is 0 Å². The van der Waals surface area contributed by atoms with Gasteiger partial charge in [-0.15, -0.1) is 0 Å². The lowest BCUT2D eigenvalue weighted by atomic mass is 10.0. The molecule has 0 saturated carbocycles. The number of benzene rings is 1. The average molecular weight is 512 g/mol. The maximum absolute atomic E-state index is 13.5. The summed E-state index contributed by atoms with van der Waals surface area (Å²) in [5, 5.41) is 23.4. The van der Waals surface area contributed by atoms with E-state index in [0.717, 1.165) is 50.3 Å². The van der Waals surface area contributed by atoms with Crippen LogP contribution in [0.5, 0.6) is 0 Å². The molecule has 0 unspecified atom stereocenters. The molecule has 10 nitrogen and oxygen atoms in total. The fraction of sp³-hybridized carbons (Fsp3) is 0.286. The first-order chi connectivity index (χ1) is 18.4. The molecule has 0 radical (unpaired) electrons. The minimum Gasteiger partial charge on any atom is -0.390 e. The number of anilines is 2. The fourth-order valence-electron chi connectivity index (χ4n) is 5.12. The molecule has 194 valence electrons. The first-order valence-electron chi connectivity index (χ1n) is 12.6. The first-order valence-corrected chi connectivity index (χ1v) is 12.6. The van der Waals surface area contributed by atoms with Crippen LogP contribution in [0.2, 0.25) is 0 Å². The Morgan fingerprint density at radius 2 is 1.89 bits per heavy atom. The van der Waals surface area contributed by atoms with Crippen LogP contribution in [0.4, 0.5) is 11.5 Å². The number of nitrogens with one attached hydrogen (secondary N) is 1. The zero-order chi connectivity index (χ0) is 26.6. The van der Waals surface area contributed by atoms with Crippen molar-refractivity contribution in [2.45, 2.75) is 26.6 Å². The second kappa shape index (κ2) is 9.23. The van der Waals surface area contributed by atoms with Gasteiger partial charge in [-0.05, 0) is 49.7 Å². The Hall–Kier alpha value is -4.28. The number of aliphatic hydroxyl groups excluding tert-OH is 2. The van der Waals surface area contributed by atoms with Gasteiger partial charge in [0.1, 0.15) is 5.82 Å². The van der Waals surface area contributed by atoms with Crippen LogP contribution in [0.15, 0.2) is 53.6 Å². The van der Waals surface area contributed by atoms with Gasteiger partial charge in [-0.3, -0.25) is 19.1 Å². The highest BCUT2D eigenvalue weighted by atomic mass is 16.3. The lowest BCUT2D eigenvalue weighted by Gasteiger charge is -2.37. The quantitative estimate of drug-likeness (QED) is 0.318. The van der Waals surface area contributed by atoms with Crippen molar-refractivity contribution in [3.8, 4) is 16.8 Å². The Bertz CT molecular complexity index is 1750. The highest BCUT2D eigenvalue weighted by Gasteiger charge is 2.26. The summed E-state index contributed by atoms with van der Waals surface area (Å²) in [7, 11) is 1.75. The maximum atomic E-state index is 13.5. The predicted molar refractivity (Wildman–Crippen MR) is 148 cm³/mol. The Labute approximate surface area is 218 Å². The molecule has 0 spiro atoms. The van der Waals surface area contributed by atoms with Crippen LogP contribution < -0.4 is 15.9 Å². The molecule has 1 saturated heterocycles.